The van der Waals surface area contributed by atoms with Gasteiger partial charge in [-0.25, -0.2) is 4.39 Å². The van der Waals surface area contributed by atoms with Crippen molar-refractivity contribution in [3.63, 3.8) is 0 Å². The zero-order valence-electron chi connectivity index (χ0n) is 10.3. The molecule has 0 aromatic heterocycles. The Balaban J connectivity index is 2.31. The summed E-state index contributed by atoms with van der Waals surface area (Å²) in [6, 6.07) is 5.40. The maximum absolute atomic E-state index is 13.2. The third-order valence-corrected chi connectivity index (χ3v) is 3.78. The topological polar surface area (TPSA) is 12.0 Å². The molecule has 0 heterocycles. The maximum Gasteiger partial charge on any atom is 0.142 e. The Labute approximate surface area is 112 Å². The van der Waals surface area contributed by atoms with Gasteiger partial charge in [0.05, 0.1) is 5.02 Å². The summed E-state index contributed by atoms with van der Waals surface area (Å²) in [5.41, 5.74) is 0.932. The number of thioether (sulfide) groups is 1. The highest BCUT2D eigenvalue weighted by Crippen LogP contribution is 2.15. The molecule has 0 spiro atoms. The second kappa shape index (κ2) is 7.96. The zero-order chi connectivity index (χ0) is 12.7. The Morgan fingerprint density at radius 1 is 1.47 bits per heavy atom. The Hall–Kier alpha value is -0.250. The van der Waals surface area contributed by atoms with Crippen LogP contribution in [-0.2, 0) is 6.54 Å². The summed E-state index contributed by atoms with van der Waals surface area (Å²) in [7, 11) is 0. The van der Waals surface area contributed by atoms with Gasteiger partial charge >= 0.3 is 0 Å². The lowest BCUT2D eigenvalue weighted by Gasteiger charge is -2.13. The van der Waals surface area contributed by atoms with Crippen molar-refractivity contribution in [2.75, 3.05) is 11.5 Å². The van der Waals surface area contributed by atoms with Gasteiger partial charge < -0.3 is 5.32 Å². The van der Waals surface area contributed by atoms with Gasteiger partial charge in [-0.15, -0.1) is 0 Å². The van der Waals surface area contributed by atoms with Crippen LogP contribution in [0.3, 0.4) is 0 Å². The number of nitrogens with one attached hydrogen (secondary N) is 1. The number of hydrogen-bond acceptors (Lipinski definition) is 2. The van der Waals surface area contributed by atoms with Crippen molar-refractivity contribution in [1.82, 2.24) is 5.32 Å². The molecule has 0 aliphatic rings. The molecular weight excluding hydrogens is 257 g/mol. The number of benzene rings is 1. The molecule has 1 nitrogen and oxygen atoms in total. The molecule has 1 aromatic rings. The quantitative estimate of drug-likeness (QED) is 0.752. The van der Waals surface area contributed by atoms with Crippen molar-refractivity contribution in [3.8, 4) is 0 Å². The third-order valence-electron chi connectivity index (χ3n) is 2.54. The Morgan fingerprint density at radius 2 is 2.24 bits per heavy atom. The van der Waals surface area contributed by atoms with Crippen molar-refractivity contribution in [2.24, 2.45) is 0 Å². The highest BCUT2D eigenvalue weighted by atomic mass is 35.5. The fraction of sp³-hybridized carbons (Fsp3) is 0.538. The molecule has 0 saturated heterocycles. The van der Waals surface area contributed by atoms with E-state index in [1.165, 1.54) is 11.8 Å². The van der Waals surface area contributed by atoms with Gasteiger partial charge in [-0.05, 0) is 42.5 Å². The van der Waals surface area contributed by atoms with Gasteiger partial charge in [-0.2, -0.15) is 11.8 Å². The predicted molar refractivity (Wildman–Crippen MR) is 75.3 cm³/mol. The fourth-order valence-electron chi connectivity index (χ4n) is 1.45. The van der Waals surface area contributed by atoms with Crippen molar-refractivity contribution in [2.45, 2.75) is 32.9 Å². The lowest BCUT2D eigenvalue weighted by Crippen LogP contribution is -2.26. The summed E-state index contributed by atoms with van der Waals surface area (Å²) in [5, 5.41) is 3.56. The molecule has 4 heteroatoms. The highest BCUT2D eigenvalue weighted by Gasteiger charge is 2.04. The number of rotatable bonds is 7. The van der Waals surface area contributed by atoms with E-state index in [1.807, 2.05) is 17.8 Å². The molecule has 0 amide bonds. The number of hydrogen-bond donors (Lipinski definition) is 1. The number of halogens is 2. The summed E-state index contributed by atoms with van der Waals surface area (Å²) >= 11 is 7.57. The molecule has 0 aliphatic carbocycles. The van der Waals surface area contributed by atoms with Gasteiger partial charge in [0, 0.05) is 12.6 Å². The van der Waals surface area contributed by atoms with Crippen LogP contribution in [0.5, 0.6) is 0 Å². The van der Waals surface area contributed by atoms with Crippen LogP contribution in [0, 0.1) is 5.82 Å². The predicted octanol–water partition coefficient (Wildman–Crippen LogP) is 4.10. The van der Waals surface area contributed by atoms with E-state index in [9.17, 15) is 4.39 Å². The van der Waals surface area contributed by atoms with E-state index in [1.54, 1.807) is 6.07 Å². The lowest BCUT2D eigenvalue weighted by atomic mass is 10.2. The molecule has 1 atom stereocenters. The van der Waals surface area contributed by atoms with E-state index in [2.05, 4.69) is 19.2 Å². The minimum atomic E-state index is -0.347. The molecule has 0 aliphatic heterocycles. The van der Waals surface area contributed by atoms with Gasteiger partial charge in [0.25, 0.3) is 0 Å². The van der Waals surface area contributed by atoms with Crippen LogP contribution < -0.4 is 5.32 Å². The van der Waals surface area contributed by atoms with Crippen LogP contribution in [0.15, 0.2) is 18.2 Å². The molecule has 0 bridgehead atoms. The molecule has 17 heavy (non-hydrogen) atoms. The monoisotopic (exact) mass is 275 g/mol. The minimum absolute atomic E-state index is 0.182. The second-order valence-corrected chi connectivity index (χ2v) is 5.82. The minimum Gasteiger partial charge on any atom is -0.310 e. The van der Waals surface area contributed by atoms with E-state index in [0.717, 1.165) is 17.7 Å². The molecular formula is C13H19ClFNS. The summed E-state index contributed by atoms with van der Waals surface area (Å²) in [6.45, 7) is 5.01. The molecule has 0 radical (unpaired) electrons. The Morgan fingerprint density at radius 3 is 2.88 bits per heavy atom. The average Bonchev–Trinajstić information content (AvgIpc) is 2.31. The van der Waals surface area contributed by atoms with Crippen LogP contribution in [-0.4, -0.2) is 17.5 Å². The van der Waals surface area contributed by atoms with E-state index >= 15 is 0 Å². The highest BCUT2D eigenvalue weighted by molar-refractivity contribution is 7.99. The summed E-state index contributed by atoms with van der Waals surface area (Å²) in [6.07, 6.45) is 1.13. The van der Waals surface area contributed by atoms with E-state index in [-0.39, 0.29) is 10.8 Å². The first-order valence-electron chi connectivity index (χ1n) is 5.88. The van der Waals surface area contributed by atoms with Gasteiger partial charge in [-0.1, -0.05) is 24.6 Å². The smallest absolute Gasteiger partial charge is 0.142 e. The van der Waals surface area contributed by atoms with Crippen LogP contribution in [0.2, 0.25) is 5.02 Å². The van der Waals surface area contributed by atoms with Gasteiger partial charge in [-0.3, -0.25) is 0 Å². The standard InChI is InChI=1S/C13H19ClFNS/c1-3-17-7-6-10(2)16-9-11-4-5-12(14)13(15)8-11/h4-5,8,10,16H,3,6-7,9H2,1-2H3. The molecule has 1 N–H and O–H groups in total. The summed E-state index contributed by atoms with van der Waals surface area (Å²) in [5.74, 6) is 1.98. The SMILES string of the molecule is CCSCCC(C)NCc1ccc(Cl)c(F)c1. The molecule has 1 rings (SSSR count). The van der Waals surface area contributed by atoms with E-state index < -0.39 is 0 Å². The summed E-state index contributed by atoms with van der Waals surface area (Å²) in [4.78, 5) is 0. The molecule has 1 aromatic carbocycles. The largest absolute Gasteiger partial charge is 0.310 e. The molecule has 96 valence electrons. The van der Waals surface area contributed by atoms with E-state index in [4.69, 9.17) is 11.6 Å². The molecule has 0 fully saturated rings. The Bertz CT molecular complexity index is 346. The normalized spacial score (nSPS) is 12.7. The molecule has 1 unspecified atom stereocenters. The van der Waals surface area contributed by atoms with Crippen LogP contribution >= 0.6 is 23.4 Å². The average molecular weight is 276 g/mol. The first kappa shape index (κ1) is 14.8. The lowest BCUT2D eigenvalue weighted by molar-refractivity contribution is 0.535. The van der Waals surface area contributed by atoms with Gasteiger partial charge in [0.15, 0.2) is 0 Å². The molecule has 0 saturated carbocycles. The van der Waals surface area contributed by atoms with Crippen LogP contribution in [0.25, 0.3) is 0 Å². The van der Waals surface area contributed by atoms with Crippen molar-refractivity contribution < 1.29 is 4.39 Å². The first-order valence-corrected chi connectivity index (χ1v) is 7.41. The first-order chi connectivity index (χ1) is 8.13. The van der Waals surface area contributed by atoms with E-state index in [0.29, 0.717) is 12.6 Å². The third kappa shape index (κ3) is 5.75. The Kier molecular flexibility index (Phi) is 6.93. The summed E-state index contributed by atoms with van der Waals surface area (Å²) < 4.78 is 13.2. The van der Waals surface area contributed by atoms with Crippen LogP contribution in [0.1, 0.15) is 25.8 Å². The maximum atomic E-state index is 13.2. The van der Waals surface area contributed by atoms with Crippen LogP contribution in [0.4, 0.5) is 4.39 Å². The van der Waals surface area contributed by atoms with Crippen molar-refractivity contribution in [1.29, 1.82) is 0 Å². The second-order valence-electron chi connectivity index (χ2n) is 4.02. The fourth-order valence-corrected chi connectivity index (χ4v) is 2.37. The van der Waals surface area contributed by atoms with Gasteiger partial charge in [0.1, 0.15) is 5.82 Å². The zero-order valence-corrected chi connectivity index (χ0v) is 11.9. The van der Waals surface area contributed by atoms with Gasteiger partial charge in [0.2, 0.25) is 0 Å². The van der Waals surface area contributed by atoms with Crippen molar-refractivity contribution in [3.05, 3.63) is 34.6 Å². The van der Waals surface area contributed by atoms with Crippen molar-refractivity contribution >= 4 is 23.4 Å².